The molecule has 2 aromatic rings. The molecule has 4 nitrogen and oxygen atoms in total. The largest absolute Gasteiger partial charge is 0.393 e. The van der Waals surface area contributed by atoms with Gasteiger partial charge in [-0.25, -0.2) is 0 Å². The van der Waals surface area contributed by atoms with E-state index in [1.165, 1.54) is 6.92 Å². The van der Waals surface area contributed by atoms with Crippen molar-refractivity contribution in [1.82, 2.24) is 0 Å². The van der Waals surface area contributed by atoms with E-state index in [2.05, 4.69) is 0 Å². The molecule has 2 atom stereocenters. The van der Waals surface area contributed by atoms with Crippen molar-refractivity contribution >= 4 is 17.7 Å². The number of hydrogen-bond acceptors (Lipinski definition) is 4. The Morgan fingerprint density at radius 2 is 1.46 bits per heavy atom. The molecule has 0 saturated carbocycles. The summed E-state index contributed by atoms with van der Waals surface area (Å²) in [6.07, 6.45) is 0. The molecule has 0 radical (unpaired) electrons. The molecule has 0 spiro atoms. The Balaban J connectivity index is 1.99. The van der Waals surface area contributed by atoms with Crippen molar-refractivity contribution in [2.75, 3.05) is 0 Å². The average Bonchev–Trinajstić information content (AvgIpc) is 2.90. The predicted molar refractivity (Wildman–Crippen MR) is 84.3 cm³/mol. The molecule has 0 aromatic heterocycles. The minimum absolute atomic E-state index is 0.123. The number of carbonyl (C=O) groups excluding carboxylic acids is 3. The van der Waals surface area contributed by atoms with E-state index in [0.717, 1.165) is 22.3 Å². The van der Waals surface area contributed by atoms with Crippen molar-refractivity contribution in [2.45, 2.75) is 18.3 Å². The van der Waals surface area contributed by atoms with Gasteiger partial charge in [0.2, 0.25) is 0 Å². The summed E-state index contributed by atoms with van der Waals surface area (Å²) in [6, 6.07) is 15.3. The van der Waals surface area contributed by atoms with Crippen LogP contribution < -0.4 is 0 Å². The normalized spacial score (nSPS) is 32.0. The number of cyclic esters (lactones) is 2. The molecule has 4 aliphatic rings. The van der Waals surface area contributed by atoms with Gasteiger partial charge in [-0.15, -0.1) is 0 Å². The van der Waals surface area contributed by atoms with Gasteiger partial charge in [0.05, 0.1) is 17.3 Å². The highest BCUT2D eigenvalue weighted by atomic mass is 16.6. The Morgan fingerprint density at radius 3 is 2.00 bits per heavy atom. The molecular formula is C20H14O4. The lowest BCUT2D eigenvalue weighted by atomic mass is 9.46. The molecule has 1 saturated heterocycles. The van der Waals surface area contributed by atoms with Gasteiger partial charge in [0, 0.05) is 5.92 Å². The van der Waals surface area contributed by atoms with Crippen molar-refractivity contribution in [3.63, 3.8) is 0 Å². The summed E-state index contributed by atoms with van der Waals surface area (Å²) in [5.74, 6) is -2.83. The van der Waals surface area contributed by atoms with Crippen LogP contribution in [0.5, 0.6) is 0 Å². The number of benzene rings is 2. The summed E-state index contributed by atoms with van der Waals surface area (Å²) in [5.41, 5.74) is 2.47. The number of Topliss-reactive ketones (excluding diaryl/α,β-unsaturated/α-hetero) is 1. The van der Waals surface area contributed by atoms with E-state index in [0.29, 0.717) is 0 Å². The fourth-order valence-electron chi connectivity index (χ4n) is 5.18. The first kappa shape index (κ1) is 13.7. The third-order valence-corrected chi connectivity index (χ3v) is 5.91. The number of hydrogen-bond donors (Lipinski definition) is 0. The van der Waals surface area contributed by atoms with Crippen LogP contribution >= 0.6 is 0 Å². The molecule has 24 heavy (non-hydrogen) atoms. The van der Waals surface area contributed by atoms with Gasteiger partial charge in [-0.05, 0) is 29.2 Å². The van der Waals surface area contributed by atoms with E-state index >= 15 is 0 Å². The molecule has 1 heterocycles. The van der Waals surface area contributed by atoms with Gasteiger partial charge in [0.1, 0.15) is 5.78 Å². The van der Waals surface area contributed by atoms with Crippen LogP contribution in [-0.2, 0) is 24.5 Å². The first-order valence-corrected chi connectivity index (χ1v) is 8.04. The first-order chi connectivity index (χ1) is 11.6. The Bertz CT molecular complexity index is 895. The highest BCUT2D eigenvalue weighted by Crippen LogP contribution is 2.63. The van der Waals surface area contributed by atoms with Crippen LogP contribution in [0.1, 0.15) is 35.1 Å². The van der Waals surface area contributed by atoms with E-state index < -0.39 is 29.2 Å². The minimum Gasteiger partial charge on any atom is -0.393 e. The van der Waals surface area contributed by atoms with Crippen LogP contribution in [0.25, 0.3) is 0 Å². The fraction of sp³-hybridized carbons (Fsp3) is 0.250. The lowest BCUT2D eigenvalue weighted by Gasteiger charge is -2.52. The fourth-order valence-corrected chi connectivity index (χ4v) is 5.18. The Hall–Kier alpha value is -2.75. The van der Waals surface area contributed by atoms with Crippen LogP contribution in [0.15, 0.2) is 48.5 Å². The molecule has 0 unspecified atom stereocenters. The van der Waals surface area contributed by atoms with Crippen LogP contribution in [-0.4, -0.2) is 17.7 Å². The number of ether oxygens (including phenoxy) is 1. The number of rotatable bonds is 1. The van der Waals surface area contributed by atoms with E-state index in [-0.39, 0.29) is 11.7 Å². The maximum atomic E-state index is 13.0. The monoisotopic (exact) mass is 318 g/mol. The summed E-state index contributed by atoms with van der Waals surface area (Å²) >= 11 is 0. The molecule has 0 N–H and O–H groups in total. The van der Waals surface area contributed by atoms with Crippen molar-refractivity contribution in [2.24, 2.45) is 11.8 Å². The smallest absolute Gasteiger partial charge is 0.319 e. The molecule has 2 bridgehead atoms. The van der Waals surface area contributed by atoms with Gasteiger partial charge in [0.15, 0.2) is 0 Å². The number of carbonyl (C=O) groups is 3. The molecule has 6 rings (SSSR count). The lowest BCUT2D eigenvalue weighted by molar-refractivity contribution is -0.154. The van der Waals surface area contributed by atoms with E-state index in [9.17, 15) is 14.4 Å². The predicted octanol–water partition coefficient (Wildman–Crippen LogP) is 2.34. The zero-order valence-electron chi connectivity index (χ0n) is 13.0. The van der Waals surface area contributed by atoms with Gasteiger partial charge in [-0.2, -0.15) is 0 Å². The molecule has 3 aliphatic carbocycles. The second kappa shape index (κ2) is 4.20. The maximum absolute atomic E-state index is 13.0. The van der Waals surface area contributed by atoms with E-state index in [1.54, 1.807) is 0 Å². The zero-order valence-corrected chi connectivity index (χ0v) is 13.0. The quantitative estimate of drug-likeness (QED) is 0.598. The Kier molecular flexibility index (Phi) is 2.39. The molecule has 2 aromatic carbocycles. The Morgan fingerprint density at radius 1 is 0.917 bits per heavy atom. The van der Waals surface area contributed by atoms with Crippen molar-refractivity contribution in [1.29, 1.82) is 0 Å². The van der Waals surface area contributed by atoms with Crippen LogP contribution in [0.3, 0.4) is 0 Å². The summed E-state index contributed by atoms with van der Waals surface area (Å²) in [5, 5.41) is 0. The topological polar surface area (TPSA) is 60.4 Å². The standard InChI is InChI=1S/C20H14O4/c1-10(21)20-13-8-4-2-6-11(13)15(12-7-3-5-9-14(12)20)16-17(20)19(23)24-18(16)22/h2-9,15-17H,1H3/t15?,16-,17+,20?/m0/s1. The molecule has 1 aliphatic heterocycles. The van der Waals surface area contributed by atoms with Gasteiger partial charge in [-0.3, -0.25) is 14.4 Å². The molecule has 4 heteroatoms. The number of ketones is 1. The van der Waals surface area contributed by atoms with E-state index in [4.69, 9.17) is 4.74 Å². The second-order valence-electron chi connectivity index (χ2n) is 6.76. The van der Waals surface area contributed by atoms with Gasteiger partial charge in [0.25, 0.3) is 0 Å². The average molecular weight is 318 g/mol. The van der Waals surface area contributed by atoms with Crippen molar-refractivity contribution < 1.29 is 19.1 Å². The Labute approximate surface area is 138 Å². The van der Waals surface area contributed by atoms with Crippen molar-refractivity contribution in [3.05, 3.63) is 70.8 Å². The summed E-state index contributed by atoms with van der Waals surface area (Å²) in [7, 11) is 0. The first-order valence-electron chi connectivity index (χ1n) is 8.04. The van der Waals surface area contributed by atoms with Crippen LogP contribution in [0, 0.1) is 11.8 Å². The van der Waals surface area contributed by atoms with Gasteiger partial charge < -0.3 is 4.74 Å². The number of esters is 2. The molecule has 118 valence electrons. The van der Waals surface area contributed by atoms with Gasteiger partial charge >= 0.3 is 11.9 Å². The minimum atomic E-state index is -1.13. The third-order valence-electron chi connectivity index (χ3n) is 5.91. The highest BCUT2D eigenvalue weighted by Gasteiger charge is 2.69. The van der Waals surface area contributed by atoms with Gasteiger partial charge in [-0.1, -0.05) is 48.5 Å². The maximum Gasteiger partial charge on any atom is 0.319 e. The van der Waals surface area contributed by atoms with E-state index in [1.807, 2.05) is 48.5 Å². The molecule has 1 fully saturated rings. The molecule has 0 amide bonds. The lowest BCUT2D eigenvalue weighted by Crippen LogP contribution is -2.57. The van der Waals surface area contributed by atoms with Crippen molar-refractivity contribution in [3.8, 4) is 0 Å². The molecular weight excluding hydrogens is 304 g/mol. The second-order valence-corrected chi connectivity index (χ2v) is 6.76. The SMILES string of the molecule is CC(=O)C12c3ccccc3C(c3ccccc31)[C@@H]1C(=O)OC(=O)[C@@H]12. The van der Waals surface area contributed by atoms with Crippen LogP contribution in [0.2, 0.25) is 0 Å². The summed E-state index contributed by atoms with van der Waals surface area (Å²) in [6.45, 7) is 1.51. The zero-order chi connectivity index (χ0) is 16.6. The summed E-state index contributed by atoms with van der Waals surface area (Å²) in [4.78, 5) is 38.0. The highest BCUT2D eigenvalue weighted by molar-refractivity contribution is 6.08. The third kappa shape index (κ3) is 1.26. The van der Waals surface area contributed by atoms with Crippen LogP contribution in [0.4, 0.5) is 0 Å². The summed E-state index contributed by atoms with van der Waals surface area (Å²) < 4.78 is 5.00.